The summed E-state index contributed by atoms with van der Waals surface area (Å²) in [6.07, 6.45) is 2.22. The van der Waals surface area contributed by atoms with Gasteiger partial charge in [-0.1, -0.05) is 42.8 Å². The average Bonchev–Trinajstić information content (AvgIpc) is 2.79. The number of nitriles is 1. The molecule has 0 saturated carbocycles. The minimum Gasteiger partial charge on any atom is -0.355 e. The zero-order chi connectivity index (χ0) is 11.4. The van der Waals surface area contributed by atoms with Crippen LogP contribution in [-0.4, -0.2) is 5.16 Å². The molecule has 3 heteroatoms. The molecule has 0 N–H and O–H groups in total. The van der Waals surface area contributed by atoms with Crippen molar-refractivity contribution in [2.75, 3.05) is 0 Å². The quantitative estimate of drug-likeness (QED) is 0.785. The predicted octanol–water partition coefficient (Wildman–Crippen LogP) is 3.17. The maximum absolute atomic E-state index is 8.64. The Morgan fingerprint density at radius 1 is 1.31 bits per heavy atom. The molecule has 0 atom stereocenters. The Hall–Kier alpha value is -2.08. The zero-order valence-electron chi connectivity index (χ0n) is 9.10. The summed E-state index contributed by atoms with van der Waals surface area (Å²) in [7, 11) is 0. The zero-order valence-corrected chi connectivity index (χ0v) is 9.10. The van der Waals surface area contributed by atoms with Gasteiger partial charge in [0, 0.05) is 11.6 Å². The Morgan fingerprint density at radius 2 is 2.06 bits per heavy atom. The number of aromatic nitrogens is 1. The van der Waals surface area contributed by atoms with Crippen molar-refractivity contribution in [3.8, 4) is 17.4 Å². The van der Waals surface area contributed by atoms with Crippen LogP contribution < -0.4 is 0 Å². The number of hydrogen-bond acceptors (Lipinski definition) is 3. The fourth-order valence-electron chi connectivity index (χ4n) is 1.59. The molecule has 80 valence electrons. The van der Waals surface area contributed by atoms with Crippen molar-refractivity contribution < 1.29 is 4.52 Å². The van der Waals surface area contributed by atoms with Crippen LogP contribution in [-0.2, 0) is 6.42 Å². The Bertz CT molecular complexity index is 505. The molecule has 1 heterocycles. The molecule has 0 fully saturated rings. The molecule has 16 heavy (non-hydrogen) atoms. The molecular weight excluding hydrogens is 200 g/mol. The highest BCUT2D eigenvalue weighted by molar-refractivity contribution is 5.58. The molecule has 0 amide bonds. The molecule has 0 unspecified atom stereocenters. The van der Waals surface area contributed by atoms with Crippen molar-refractivity contribution in [2.45, 2.75) is 19.8 Å². The van der Waals surface area contributed by atoms with E-state index in [0.717, 1.165) is 18.4 Å². The van der Waals surface area contributed by atoms with Gasteiger partial charge in [-0.25, -0.2) is 0 Å². The van der Waals surface area contributed by atoms with Crippen LogP contribution in [0.25, 0.3) is 11.3 Å². The second-order valence-electron chi connectivity index (χ2n) is 3.64. The molecule has 1 aromatic carbocycles. The van der Waals surface area contributed by atoms with Crippen molar-refractivity contribution in [3.05, 3.63) is 41.6 Å². The number of nitrogens with zero attached hydrogens (tertiary/aromatic N) is 2. The molecule has 0 saturated heterocycles. The summed E-state index contributed by atoms with van der Waals surface area (Å²) in [5.74, 6) is 0.639. The van der Waals surface area contributed by atoms with Crippen LogP contribution in [0.4, 0.5) is 0 Å². The van der Waals surface area contributed by atoms with Crippen molar-refractivity contribution in [3.63, 3.8) is 0 Å². The maximum Gasteiger partial charge on any atom is 0.184 e. The lowest BCUT2D eigenvalue weighted by atomic mass is 10.1. The minimum atomic E-state index is 0.313. The van der Waals surface area contributed by atoms with Gasteiger partial charge in [0.05, 0.1) is 0 Å². The molecule has 2 aromatic rings. The summed E-state index contributed by atoms with van der Waals surface area (Å²) < 4.78 is 5.07. The highest BCUT2D eigenvalue weighted by Gasteiger charge is 2.05. The van der Waals surface area contributed by atoms with Gasteiger partial charge in [0.1, 0.15) is 6.07 Å². The van der Waals surface area contributed by atoms with E-state index in [1.54, 1.807) is 6.07 Å². The van der Waals surface area contributed by atoms with E-state index >= 15 is 0 Å². The fourth-order valence-corrected chi connectivity index (χ4v) is 1.59. The van der Waals surface area contributed by atoms with Crippen LogP contribution >= 0.6 is 0 Å². The smallest absolute Gasteiger partial charge is 0.184 e. The van der Waals surface area contributed by atoms with E-state index in [9.17, 15) is 0 Å². The Labute approximate surface area is 94.3 Å². The molecule has 1 aromatic heterocycles. The molecule has 0 bridgehead atoms. The Balaban J connectivity index is 2.24. The lowest BCUT2D eigenvalue weighted by molar-refractivity contribution is 0.430. The molecular formula is C13H12N2O. The Kier molecular flexibility index (Phi) is 3.02. The number of aryl methyl sites for hydroxylation is 1. The van der Waals surface area contributed by atoms with Crippen molar-refractivity contribution in [1.29, 1.82) is 5.26 Å². The maximum atomic E-state index is 8.64. The van der Waals surface area contributed by atoms with Gasteiger partial charge in [-0.2, -0.15) is 5.26 Å². The highest BCUT2D eigenvalue weighted by Crippen LogP contribution is 2.20. The van der Waals surface area contributed by atoms with Gasteiger partial charge in [-0.05, 0) is 12.0 Å². The van der Waals surface area contributed by atoms with Crippen LogP contribution in [0, 0.1) is 11.3 Å². The van der Waals surface area contributed by atoms with Gasteiger partial charge >= 0.3 is 0 Å². The van der Waals surface area contributed by atoms with Crippen LogP contribution in [0.1, 0.15) is 24.6 Å². The minimum absolute atomic E-state index is 0.313. The first kappa shape index (κ1) is 10.4. The van der Waals surface area contributed by atoms with Crippen molar-refractivity contribution >= 4 is 0 Å². The van der Waals surface area contributed by atoms with E-state index in [-0.39, 0.29) is 0 Å². The van der Waals surface area contributed by atoms with E-state index < -0.39 is 0 Å². The number of benzene rings is 1. The van der Waals surface area contributed by atoms with E-state index in [0.29, 0.717) is 11.5 Å². The summed E-state index contributed by atoms with van der Waals surface area (Å²) in [5, 5.41) is 12.3. The average molecular weight is 212 g/mol. The van der Waals surface area contributed by atoms with Gasteiger partial charge in [-0.15, -0.1) is 0 Å². The molecule has 0 aliphatic rings. The summed E-state index contributed by atoms with van der Waals surface area (Å²) in [6, 6.07) is 11.7. The summed E-state index contributed by atoms with van der Waals surface area (Å²) in [4.78, 5) is 0. The van der Waals surface area contributed by atoms with Gasteiger partial charge in [0.25, 0.3) is 0 Å². The number of hydrogen-bond donors (Lipinski definition) is 0. The van der Waals surface area contributed by atoms with E-state index in [4.69, 9.17) is 9.78 Å². The highest BCUT2D eigenvalue weighted by atomic mass is 16.5. The Morgan fingerprint density at radius 3 is 2.62 bits per heavy atom. The standard InChI is InChI=1S/C13H12N2O/c1-2-3-10-4-6-11(7-5-10)13-8-12(9-14)15-16-13/h4-8H,2-3H2,1H3. The number of rotatable bonds is 3. The molecule has 2 rings (SSSR count). The summed E-state index contributed by atoms with van der Waals surface area (Å²) in [5.41, 5.74) is 2.58. The van der Waals surface area contributed by atoms with E-state index in [1.165, 1.54) is 5.56 Å². The van der Waals surface area contributed by atoms with Crippen molar-refractivity contribution in [2.24, 2.45) is 0 Å². The van der Waals surface area contributed by atoms with E-state index in [2.05, 4.69) is 24.2 Å². The molecule has 0 spiro atoms. The van der Waals surface area contributed by atoms with Crippen LogP contribution in [0.15, 0.2) is 34.9 Å². The van der Waals surface area contributed by atoms with Crippen molar-refractivity contribution in [1.82, 2.24) is 5.16 Å². The normalized spacial score (nSPS) is 10.0. The lowest BCUT2D eigenvalue weighted by Gasteiger charge is -1.99. The van der Waals surface area contributed by atoms with Gasteiger partial charge in [0.2, 0.25) is 0 Å². The first-order valence-corrected chi connectivity index (χ1v) is 5.29. The first-order chi connectivity index (χ1) is 7.83. The van der Waals surface area contributed by atoms with Crippen LogP contribution in [0.3, 0.4) is 0 Å². The summed E-state index contributed by atoms with van der Waals surface area (Å²) >= 11 is 0. The van der Waals surface area contributed by atoms with Gasteiger partial charge in [-0.3, -0.25) is 0 Å². The first-order valence-electron chi connectivity index (χ1n) is 5.29. The van der Waals surface area contributed by atoms with Gasteiger partial charge < -0.3 is 4.52 Å². The second kappa shape index (κ2) is 4.63. The monoisotopic (exact) mass is 212 g/mol. The largest absolute Gasteiger partial charge is 0.355 e. The lowest BCUT2D eigenvalue weighted by Crippen LogP contribution is -1.82. The topological polar surface area (TPSA) is 49.8 Å². The third-order valence-corrected chi connectivity index (χ3v) is 2.40. The van der Waals surface area contributed by atoms with E-state index in [1.807, 2.05) is 18.2 Å². The van der Waals surface area contributed by atoms with Crippen LogP contribution in [0.5, 0.6) is 0 Å². The third kappa shape index (κ3) is 2.12. The SMILES string of the molecule is CCCc1ccc(-c2cc(C#N)no2)cc1. The molecule has 3 nitrogen and oxygen atoms in total. The fraction of sp³-hybridized carbons (Fsp3) is 0.231. The molecule has 0 aliphatic heterocycles. The third-order valence-electron chi connectivity index (χ3n) is 2.40. The predicted molar refractivity (Wildman–Crippen MR) is 60.6 cm³/mol. The molecule has 0 radical (unpaired) electrons. The molecule has 0 aliphatic carbocycles. The summed E-state index contributed by atoms with van der Waals surface area (Å²) in [6.45, 7) is 2.16. The van der Waals surface area contributed by atoms with Crippen LogP contribution in [0.2, 0.25) is 0 Å². The van der Waals surface area contributed by atoms with Gasteiger partial charge in [0.15, 0.2) is 11.5 Å². The second-order valence-corrected chi connectivity index (χ2v) is 3.64.